The minimum Gasteiger partial charge on any atom is -0.270 e. The van der Waals surface area contributed by atoms with E-state index in [4.69, 9.17) is 0 Å². The fourth-order valence-electron chi connectivity index (χ4n) is 1.70. The maximum Gasteiger partial charge on any atom is 0.409 e. The van der Waals surface area contributed by atoms with Crippen molar-refractivity contribution in [2.45, 2.75) is 6.18 Å². The summed E-state index contributed by atoms with van der Waals surface area (Å²) in [6, 6.07) is 6.14. The van der Waals surface area contributed by atoms with Gasteiger partial charge in [-0.25, -0.2) is 0 Å². The van der Waals surface area contributed by atoms with Gasteiger partial charge < -0.3 is 0 Å². The van der Waals surface area contributed by atoms with Gasteiger partial charge in [0.2, 0.25) is 0 Å². The number of amides is 2. The smallest absolute Gasteiger partial charge is 0.270 e. The van der Waals surface area contributed by atoms with Crippen LogP contribution >= 0.6 is 0 Å². The summed E-state index contributed by atoms with van der Waals surface area (Å²) in [4.78, 5) is 24.3. The number of allylic oxidation sites excluding steroid dienone is 1. The van der Waals surface area contributed by atoms with Crippen LogP contribution in [0, 0.1) is 0 Å². The largest absolute Gasteiger partial charge is 0.409 e. The van der Waals surface area contributed by atoms with Gasteiger partial charge in [0.25, 0.3) is 11.8 Å². The third kappa shape index (κ3) is 2.27. The predicted octanol–water partition coefficient (Wildman–Crippen LogP) is 2.40. The number of hydrogen-bond donors (Lipinski definition) is 0. The van der Waals surface area contributed by atoms with Crippen LogP contribution in [-0.4, -0.2) is 29.4 Å². The highest BCUT2D eigenvalue weighted by Crippen LogP contribution is 2.22. The van der Waals surface area contributed by atoms with Gasteiger partial charge in [0.15, 0.2) is 0 Å². The molecule has 6 heteroatoms. The third-order valence-electron chi connectivity index (χ3n) is 2.47. The summed E-state index contributed by atoms with van der Waals surface area (Å²) >= 11 is 0. The lowest BCUT2D eigenvalue weighted by atomic mass is 10.1. The summed E-state index contributed by atoms with van der Waals surface area (Å²) in [6.45, 7) is -0.383. The Bertz CT molecular complexity index is 499. The van der Waals surface area contributed by atoms with Crippen LogP contribution in [0.25, 0.3) is 0 Å². The van der Waals surface area contributed by atoms with E-state index in [0.717, 1.165) is 11.0 Å². The highest BCUT2D eigenvalue weighted by molar-refractivity contribution is 6.21. The van der Waals surface area contributed by atoms with Gasteiger partial charge in [-0.2, -0.15) is 13.2 Å². The van der Waals surface area contributed by atoms with Crippen molar-refractivity contribution < 1.29 is 22.8 Å². The third-order valence-corrected chi connectivity index (χ3v) is 2.47. The summed E-state index contributed by atoms with van der Waals surface area (Å²) in [7, 11) is 0. The Morgan fingerprint density at radius 1 is 1.06 bits per heavy atom. The molecule has 1 aromatic carbocycles. The van der Waals surface area contributed by atoms with Crippen LogP contribution in [0.2, 0.25) is 0 Å². The standard InChI is InChI=1S/C12H8F3NO2/c13-12(14,15)6-3-7-16-10(17)8-4-1-2-5-9(8)11(16)18/h1-6H,7H2. The average molecular weight is 255 g/mol. The van der Waals surface area contributed by atoms with Gasteiger partial charge in [-0.05, 0) is 12.1 Å². The topological polar surface area (TPSA) is 37.4 Å². The molecule has 2 amide bonds. The van der Waals surface area contributed by atoms with E-state index in [-0.39, 0.29) is 23.7 Å². The number of fused-ring (bicyclic) bond motifs is 1. The maximum atomic E-state index is 11.9. The van der Waals surface area contributed by atoms with Crippen LogP contribution in [0.15, 0.2) is 36.4 Å². The van der Waals surface area contributed by atoms with Crippen molar-refractivity contribution in [1.82, 2.24) is 4.90 Å². The molecule has 0 aliphatic carbocycles. The van der Waals surface area contributed by atoms with Crippen molar-refractivity contribution in [3.8, 4) is 0 Å². The summed E-state index contributed by atoms with van der Waals surface area (Å²) in [6.07, 6.45) is -3.68. The van der Waals surface area contributed by atoms with Crippen molar-refractivity contribution in [3.63, 3.8) is 0 Å². The lowest BCUT2D eigenvalue weighted by Crippen LogP contribution is -2.29. The van der Waals surface area contributed by atoms with Gasteiger partial charge in [-0.15, -0.1) is 0 Å². The van der Waals surface area contributed by atoms with E-state index in [9.17, 15) is 22.8 Å². The van der Waals surface area contributed by atoms with Gasteiger partial charge in [0.05, 0.1) is 11.1 Å². The van der Waals surface area contributed by atoms with Gasteiger partial charge in [-0.3, -0.25) is 14.5 Å². The fourth-order valence-corrected chi connectivity index (χ4v) is 1.70. The van der Waals surface area contributed by atoms with Crippen LogP contribution < -0.4 is 0 Å². The molecule has 0 fully saturated rings. The molecule has 94 valence electrons. The highest BCUT2D eigenvalue weighted by Gasteiger charge is 2.34. The first kappa shape index (κ1) is 12.3. The van der Waals surface area contributed by atoms with E-state index >= 15 is 0 Å². The molecule has 3 nitrogen and oxygen atoms in total. The molecule has 1 aliphatic rings. The molecule has 0 spiro atoms. The maximum absolute atomic E-state index is 11.9. The van der Waals surface area contributed by atoms with Gasteiger partial charge in [0.1, 0.15) is 0 Å². The molecule has 18 heavy (non-hydrogen) atoms. The number of halogens is 3. The van der Waals surface area contributed by atoms with Crippen molar-refractivity contribution in [2.75, 3.05) is 6.54 Å². The number of nitrogens with zero attached hydrogens (tertiary/aromatic N) is 1. The molecule has 0 N–H and O–H groups in total. The molecule has 0 radical (unpaired) electrons. The van der Waals surface area contributed by atoms with E-state index < -0.39 is 18.0 Å². The minimum absolute atomic E-state index is 0.0105. The van der Waals surface area contributed by atoms with Gasteiger partial charge in [-0.1, -0.05) is 18.2 Å². The van der Waals surface area contributed by atoms with Gasteiger partial charge >= 0.3 is 6.18 Å². The molecule has 0 unspecified atom stereocenters. The zero-order valence-corrected chi connectivity index (χ0v) is 9.07. The first-order chi connectivity index (χ1) is 8.40. The van der Waals surface area contributed by atoms with Crippen LogP contribution in [0.3, 0.4) is 0 Å². The summed E-state index contributed by atoms with van der Waals surface area (Å²) in [5.41, 5.74) is 0.450. The molecule has 0 bridgehead atoms. The Morgan fingerprint density at radius 3 is 2.00 bits per heavy atom. The minimum atomic E-state index is -4.45. The second kappa shape index (κ2) is 4.29. The first-order valence-electron chi connectivity index (χ1n) is 5.10. The fraction of sp³-hybridized carbons (Fsp3) is 0.167. The predicted molar refractivity (Wildman–Crippen MR) is 57.0 cm³/mol. The lowest BCUT2D eigenvalue weighted by molar-refractivity contribution is -0.0801. The SMILES string of the molecule is O=C1c2ccccc2C(=O)N1CC=CC(F)(F)F. The van der Waals surface area contributed by atoms with Crippen LogP contribution in [0.1, 0.15) is 20.7 Å². The second-order valence-electron chi connectivity index (χ2n) is 3.71. The second-order valence-corrected chi connectivity index (χ2v) is 3.71. The number of imide groups is 1. The van der Waals surface area contributed by atoms with Gasteiger partial charge in [0, 0.05) is 12.6 Å². The number of benzene rings is 1. The molecule has 0 saturated carbocycles. The number of rotatable bonds is 2. The van der Waals surface area contributed by atoms with Crippen molar-refractivity contribution >= 4 is 11.8 Å². The molecule has 1 aromatic rings. The van der Waals surface area contributed by atoms with E-state index in [0.29, 0.717) is 0 Å². The lowest BCUT2D eigenvalue weighted by Gasteiger charge is -2.10. The van der Waals surface area contributed by atoms with Crippen molar-refractivity contribution in [2.24, 2.45) is 0 Å². The number of carbonyl (C=O) groups excluding carboxylic acids is 2. The average Bonchev–Trinajstić information content (AvgIpc) is 2.53. The van der Waals surface area contributed by atoms with Crippen molar-refractivity contribution in [1.29, 1.82) is 0 Å². The summed E-state index contributed by atoms with van der Waals surface area (Å²) < 4.78 is 35.7. The van der Waals surface area contributed by atoms with Crippen LogP contribution in [-0.2, 0) is 0 Å². The Balaban J connectivity index is 2.17. The summed E-state index contributed by atoms with van der Waals surface area (Å²) in [5.74, 6) is -1.13. The van der Waals surface area contributed by atoms with Crippen LogP contribution in [0.4, 0.5) is 13.2 Å². The quantitative estimate of drug-likeness (QED) is 0.601. The Labute approximate surface area is 101 Å². The molecular formula is C12H8F3NO2. The molecule has 2 rings (SSSR count). The Hall–Kier alpha value is -2.11. The van der Waals surface area contributed by atoms with Crippen LogP contribution in [0.5, 0.6) is 0 Å². The normalized spacial score (nSPS) is 15.6. The van der Waals surface area contributed by atoms with Crippen molar-refractivity contribution in [3.05, 3.63) is 47.5 Å². The Kier molecular flexibility index (Phi) is 2.94. The highest BCUT2D eigenvalue weighted by atomic mass is 19.4. The molecule has 0 aromatic heterocycles. The molecule has 1 aliphatic heterocycles. The number of hydrogen-bond acceptors (Lipinski definition) is 2. The molecular weight excluding hydrogens is 247 g/mol. The molecule has 0 saturated heterocycles. The first-order valence-corrected chi connectivity index (χ1v) is 5.10. The molecule has 0 atom stereocenters. The van der Waals surface area contributed by atoms with E-state index in [2.05, 4.69) is 0 Å². The zero-order chi connectivity index (χ0) is 13.3. The monoisotopic (exact) mass is 255 g/mol. The molecule has 1 heterocycles. The zero-order valence-electron chi connectivity index (χ0n) is 9.07. The van der Waals surface area contributed by atoms with E-state index in [1.165, 1.54) is 12.1 Å². The summed E-state index contributed by atoms with van der Waals surface area (Å²) in [5, 5.41) is 0. The number of alkyl halides is 3. The Morgan fingerprint density at radius 2 is 1.56 bits per heavy atom. The number of carbonyl (C=O) groups is 2. The van der Waals surface area contributed by atoms with E-state index in [1.807, 2.05) is 0 Å². The van der Waals surface area contributed by atoms with E-state index in [1.54, 1.807) is 12.1 Å².